The van der Waals surface area contributed by atoms with Crippen molar-refractivity contribution in [2.45, 2.75) is 4.90 Å². The third-order valence-electron chi connectivity index (χ3n) is 2.77. The minimum atomic E-state index is -3.86. The van der Waals surface area contributed by atoms with Crippen molar-refractivity contribution in [3.05, 3.63) is 29.8 Å². The van der Waals surface area contributed by atoms with E-state index in [-0.39, 0.29) is 19.0 Å². The van der Waals surface area contributed by atoms with Crippen LogP contribution in [0, 0.1) is 17.6 Å². The highest BCUT2D eigenvalue weighted by Gasteiger charge is 2.37. The summed E-state index contributed by atoms with van der Waals surface area (Å²) in [5.41, 5.74) is 5.38. The molecule has 94 valence electrons. The molecule has 7 heteroatoms. The summed E-state index contributed by atoms with van der Waals surface area (Å²) in [4.78, 5) is -0.491. The molecule has 17 heavy (non-hydrogen) atoms. The van der Waals surface area contributed by atoms with Crippen molar-refractivity contribution in [2.75, 3.05) is 19.6 Å². The molecule has 0 spiro atoms. The standard InChI is InChI=1S/C10H12F2N2O2S/c11-8-1-2-10(9(12)3-8)17(15,16)14-5-7(4-13)6-14/h1-3,7H,4-6,13H2. The second-order valence-corrected chi connectivity index (χ2v) is 5.90. The van der Waals surface area contributed by atoms with Gasteiger partial charge in [-0.3, -0.25) is 0 Å². The molecule has 1 saturated heterocycles. The van der Waals surface area contributed by atoms with Gasteiger partial charge in [0.1, 0.15) is 16.5 Å². The zero-order valence-corrected chi connectivity index (χ0v) is 9.75. The molecule has 1 aromatic rings. The van der Waals surface area contributed by atoms with Gasteiger partial charge in [0, 0.05) is 19.2 Å². The van der Waals surface area contributed by atoms with E-state index in [1.807, 2.05) is 0 Å². The number of hydrogen-bond donors (Lipinski definition) is 1. The average Bonchev–Trinajstić information content (AvgIpc) is 2.14. The monoisotopic (exact) mass is 262 g/mol. The zero-order valence-electron chi connectivity index (χ0n) is 8.94. The van der Waals surface area contributed by atoms with Crippen LogP contribution in [-0.4, -0.2) is 32.4 Å². The highest BCUT2D eigenvalue weighted by molar-refractivity contribution is 7.89. The molecular weight excluding hydrogens is 250 g/mol. The maximum atomic E-state index is 13.4. The molecule has 2 N–H and O–H groups in total. The van der Waals surface area contributed by atoms with Crippen LogP contribution in [0.25, 0.3) is 0 Å². The molecule has 0 atom stereocenters. The van der Waals surface area contributed by atoms with Crippen LogP contribution in [0.15, 0.2) is 23.1 Å². The Bertz CT molecular complexity index is 527. The molecule has 1 aliphatic heterocycles. The van der Waals surface area contributed by atoms with Gasteiger partial charge in [-0.05, 0) is 24.6 Å². The van der Waals surface area contributed by atoms with E-state index in [0.29, 0.717) is 12.6 Å². The quantitative estimate of drug-likeness (QED) is 0.865. The summed E-state index contributed by atoms with van der Waals surface area (Å²) in [5, 5.41) is 0. The minimum absolute atomic E-state index is 0.119. The van der Waals surface area contributed by atoms with Crippen LogP contribution in [0.3, 0.4) is 0 Å². The Morgan fingerprint density at radius 1 is 1.35 bits per heavy atom. The lowest BCUT2D eigenvalue weighted by atomic mass is 10.0. The van der Waals surface area contributed by atoms with Gasteiger partial charge in [-0.1, -0.05) is 0 Å². The molecule has 0 radical (unpaired) electrons. The fraction of sp³-hybridized carbons (Fsp3) is 0.400. The molecule has 2 rings (SSSR count). The first-order chi connectivity index (χ1) is 7.95. The lowest BCUT2D eigenvalue weighted by Gasteiger charge is -2.37. The molecule has 0 unspecified atom stereocenters. The van der Waals surface area contributed by atoms with E-state index >= 15 is 0 Å². The highest BCUT2D eigenvalue weighted by atomic mass is 32.2. The summed E-state index contributed by atoms with van der Waals surface area (Å²) in [5.74, 6) is -1.75. The number of rotatable bonds is 3. The van der Waals surface area contributed by atoms with Crippen molar-refractivity contribution in [3.8, 4) is 0 Å². The first-order valence-electron chi connectivity index (χ1n) is 5.10. The number of sulfonamides is 1. The van der Waals surface area contributed by atoms with E-state index in [0.717, 1.165) is 16.4 Å². The third kappa shape index (κ3) is 2.18. The smallest absolute Gasteiger partial charge is 0.246 e. The van der Waals surface area contributed by atoms with E-state index in [1.165, 1.54) is 0 Å². The number of hydrogen-bond acceptors (Lipinski definition) is 3. The van der Waals surface area contributed by atoms with Gasteiger partial charge >= 0.3 is 0 Å². The van der Waals surface area contributed by atoms with Crippen LogP contribution < -0.4 is 5.73 Å². The van der Waals surface area contributed by atoms with Crippen molar-refractivity contribution in [3.63, 3.8) is 0 Å². The second kappa shape index (κ2) is 4.32. The van der Waals surface area contributed by atoms with Gasteiger partial charge in [0.15, 0.2) is 0 Å². The normalized spacial score (nSPS) is 18.1. The molecular formula is C10H12F2N2O2S. The van der Waals surface area contributed by atoms with Crippen molar-refractivity contribution < 1.29 is 17.2 Å². The Balaban J connectivity index is 2.27. The summed E-state index contributed by atoms with van der Waals surface area (Å²) in [6.07, 6.45) is 0. The molecule has 0 amide bonds. The summed E-state index contributed by atoms with van der Waals surface area (Å²) < 4.78 is 51.1. The molecule has 1 fully saturated rings. The maximum absolute atomic E-state index is 13.4. The Hall–Kier alpha value is -1.05. The summed E-state index contributed by atoms with van der Waals surface area (Å²) in [6, 6.07) is 2.43. The van der Waals surface area contributed by atoms with Gasteiger partial charge in [0.25, 0.3) is 0 Å². The number of nitrogens with zero attached hydrogens (tertiary/aromatic N) is 1. The number of benzene rings is 1. The molecule has 4 nitrogen and oxygen atoms in total. The summed E-state index contributed by atoms with van der Waals surface area (Å²) in [7, 11) is -3.86. The van der Waals surface area contributed by atoms with Crippen LogP contribution >= 0.6 is 0 Å². The first-order valence-corrected chi connectivity index (χ1v) is 6.54. The molecule has 0 saturated carbocycles. The second-order valence-electron chi connectivity index (χ2n) is 4.00. The van der Waals surface area contributed by atoms with Gasteiger partial charge in [0.2, 0.25) is 10.0 Å². The molecule has 1 aromatic carbocycles. The van der Waals surface area contributed by atoms with E-state index in [1.54, 1.807) is 0 Å². The lowest BCUT2D eigenvalue weighted by molar-refractivity contribution is 0.206. The SMILES string of the molecule is NCC1CN(S(=O)(=O)c2ccc(F)cc2F)C1. The van der Waals surface area contributed by atoms with Gasteiger partial charge in [-0.25, -0.2) is 17.2 Å². The fourth-order valence-electron chi connectivity index (χ4n) is 1.69. The minimum Gasteiger partial charge on any atom is -0.330 e. The van der Waals surface area contributed by atoms with Gasteiger partial charge < -0.3 is 5.73 Å². The van der Waals surface area contributed by atoms with E-state index in [9.17, 15) is 17.2 Å². The Morgan fingerprint density at radius 3 is 2.53 bits per heavy atom. The van der Waals surface area contributed by atoms with Crippen LogP contribution in [0.4, 0.5) is 8.78 Å². The van der Waals surface area contributed by atoms with Crippen LogP contribution in [0.5, 0.6) is 0 Å². The zero-order chi connectivity index (χ0) is 12.6. The first kappa shape index (κ1) is 12.4. The van der Waals surface area contributed by atoms with Crippen molar-refractivity contribution in [2.24, 2.45) is 11.7 Å². The van der Waals surface area contributed by atoms with Crippen LogP contribution in [0.1, 0.15) is 0 Å². The summed E-state index contributed by atoms with van der Waals surface area (Å²) in [6.45, 7) is 0.975. The van der Waals surface area contributed by atoms with E-state index < -0.39 is 26.6 Å². The van der Waals surface area contributed by atoms with E-state index in [4.69, 9.17) is 5.73 Å². The van der Waals surface area contributed by atoms with Gasteiger partial charge in [-0.2, -0.15) is 4.31 Å². The molecule has 0 aliphatic carbocycles. The molecule has 0 bridgehead atoms. The largest absolute Gasteiger partial charge is 0.330 e. The topological polar surface area (TPSA) is 63.4 Å². The molecule has 1 heterocycles. The Kier molecular flexibility index (Phi) is 3.15. The highest BCUT2D eigenvalue weighted by Crippen LogP contribution is 2.26. The van der Waals surface area contributed by atoms with Gasteiger partial charge in [-0.15, -0.1) is 0 Å². The predicted molar refractivity (Wildman–Crippen MR) is 57.7 cm³/mol. The molecule has 1 aliphatic rings. The van der Waals surface area contributed by atoms with Crippen LogP contribution in [-0.2, 0) is 10.0 Å². The molecule has 0 aromatic heterocycles. The maximum Gasteiger partial charge on any atom is 0.246 e. The van der Waals surface area contributed by atoms with Crippen molar-refractivity contribution in [1.29, 1.82) is 0 Å². The lowest BCUT2D eigenvalue weighted by Crippen LogP contribution is -2.52. The third-order valence-corrected chi connectivity index (χ3v) is 4.63. The average molecular weight is 262 g/mol. The van der Waals surface area contributed by atoms with E-state index in [2.05, 4.69) is 0 Å². The van der Waals surface area contributed by atoms with Gasteiger partial charge in [0.05, 0.1) is 0 Å². The predicted octanol–water partition coefficient (Wildman–Crippen LogP) is 0.544. The Labute approximate surface area is 98.1 Å². The number of halogens is 2. The fourth-order valence-corrected chi connectivity index (χ4v) is 3.33. The summed E-state index contributed by atoms with van der Waals surface area (Å²) >= 11 is 0. The van der Waals surface area contributed by atoms with Crippen molar-refractivity contribution >= 4 is 10.0 Å². The Morgan fingerprint density at radius 2 is 2.00 bits per heavy atom. The number of nitrogens with two attached hydrogens (primary N) is 1. The van der Waals surface area contributed by atoms with Crippen LogP contribution in [0.2, 0.25) is 0 Å². The van der Waals surface area contributed by atoms with Crippen molar-refractivity contribution in [1.82, 2.24) is 4.31 Å².